The molecule has 1 aromatic carbocycles. The van der Waals surface area contributed by atoms with Crippen LogP contribution in [0.25, 0.3) is 10.9 Å². The van der Waals surface area contributed by atoms with Crippen molar-refractivity contribution in [3.8, 4) is 5.75 Å². The molecule has 0 spiro atoms. The minimum atomic E-state index is -4.10. The number of ether oxygens (including phenoxy) is 2. The third-order valence-electron chi connectivity index (χ3n) is 4.24. The van der Waals surface area contributed by atoms with Gasteiger partial charge in [0.25, 0.3) is 0 Å². The minimum Gasteiger partial charge on any atom is -0.491 e. The highest BCUT2D eigenvalue weighted by atomic mass is 32.2. The summed E-state index contributed by atoms with van der Waals surface area (Å²) in [7, 11) is -3.02. The molecule has 1 saturated carbocycles. The van der Waals surface area contributed by atoms with Crippen molar-refractivity contribution in [3.05, 3.63) is 33.5 Å². The molecular weight excluding hydrogens is 384 g/mol. The lowest BCUT2D eigenvalue weighted by molar-refractivity contribution is 0.0518. The lowest BCUT2D eigenvalue weighted by atomic mass is 10.1. The van der Waals surface area contributed by atoms with Crippen LogP contribution in [0.5, 0.6) is 5.75 Å². The average molecular weight is 401 g/mol. The van der Waals surface area contributed by atoms with E-state index in [2.05, 4.69) is 0 Å². The average Bonchev–Trinajstić information content (AvgIpc) is 3.40. The Bertz CT molecular complexity index is 1120. The summed E-state index contributed by atoms with van der Waals surface area (Å²) in [5.41, 5.74) is -1.97. The molecular formula is C17H17F2NO6S. The predicted molar refractivity (Wildman–Crippen MR) is 92.0 cm³/mol. The lowest BCUT2D eigenvalue weighted by Crippen LogP contribution is -2.28. The van der Waals surface area contributed by atoms with Crippen LogP contribution in [0.3, 0.4) is 0 Å². The van der Waals surface area contributed by atoms with Gasteiger partial charge < -0.3 is 14.0 Å². The van der Waals surface area contributed by atoms with Crippen LogP contribution in [0.1, 0.15) is 36.2 Å². The van der Waals surface area contributed by atoms with Gasteiger partial charge in [-0.1, -0.05) is 0 Å². The van der Waals surface area contributed by atoms with Gasteiger partial charge in [0.05, 0.1) is 24.6 Å². The van der Waals surface area contributed by atoms with Crippen molar-refractivity contribution in [2.75, 3.05) is 20.0 Å². The minimum absolute atomic E-state index is 0.0932. The van der Waals surface area contributed by atoms with Crippen molar-refractivity contribution in [3.63, 3.8) is 0 Å². The third-order valence-corrected chi connectivity index (χ3v) is 5.35. The van der Waals surface area contributed by atoms with Crippen molar-refractivity contribution >= 4 is 26.7 Å². The highest BCUT2D eigenvalue weighted by Gasteiger charge is 2.37. The van der Waals surface area contributed by atoms with E-state index in [1.54, 1.807) is 0 Å². The topological polar surface area (TPSA) is 91.7 Å². The molecule has 0 saturated heterocycles. The Kier molecular flexibility index (Phi) is 4.71. The first-order valence-corrected chi connectivity index (χ1v) is 10.0. The second kappa shape index (κ2) is 6.59. The molecule has 7 nitrogen and oxygen atoms in total. The van der Waals surface area contributed by atoms with E-state index in [4.69, 9.17) is 9.47 Å². The zero-order chi connectivity index (χ0) is 20.1. The maximum atomic E-state index is 14.3. The van der Waals surface area contributed by atoms with Crippen LogP contribution in [-0.4, -0.2) is 38.9 Å². The summed E-state index contributed by atoms with van der Waals surface area (Å²) >= 11 is 0. The molecule has 1 heterocycles. The number of carbonyl (C=O) groups is 1. The summed E-state index contributed by atoms with van der Waals surface area (Å²) in [6.07, 6.45) is 1.93. The molecule has 10 heteroatoms. The molecule has 0 amide bonds. The molecule has 0 N–H and O–H groups in total. The number of nitrogens with zero attached hydrogens (tertiary/aromatic N) is 1. The molecule has 0 unspecified atom stereocenters. The normalized spacial score (nSPS) is 14.4. The highest BCUT2D eigenvalue weighted by Crippen LogP contribution is 2.43. The molecule has 3 rings (SSSR count). The Hall–Kier alpha value is -2.49. The molecule has 0 atom stereocenters. The number of esters is 1. The van der Waals surface area contributed by atoms with Crippen molar-refractivity contribution in [1.29, 1.82) is 0 Å². The van der Waals surface area contributed by atoms with Crippen LogP contribution in [-0.2, 0) is 14.6 Å². The first-order valence-electron chi connectivity index (χ1n) is 8.14. The SMILES string of the molecule is CCOC(=O)c1c(S(C)(=O)=O)n(C2CC2)c2c(OC)c(F)c(F)cc2c1=O. The van der Waals surface area contributed by atoms with Gasteiger partial charge in [-0.25, -0.2) is 17.6 Å². The van der Waals surface area contributed by atoms with E-state index in [0.717, 1.165) is 13.4 Å². The van der Waals surface area contributed by atoms with E-state index in [1.807, 2.05) is 0 Å². The molecule has 146 valence electrons. The van der Waals surface area contributed by atoms with Crippen molar-refractivity contribution in [1.82, 2.24) is 4.57 Å². The number of sulfone groups is 1. The Labute approximate surface area is 153 Å². The molecule has 1 aliphatic carbocycles. The van der Waals surface area contributed by atoms with Crippen molar-refractivity contribution < 1.29 is 31.5 Å². The fourth-order valence-corrected chi connectivity index (χ4v) is 4.22. The number of hydrogen-bond acceptors (Lipinski definition) is 6. The van der Waals surface area contributed by atoms with Gasteiger partial charge in [0, 0.05) is 12.3 Å². The van der Waals surface area contributed by atoms with E-state index in [9.17, 15) is 26.8 Å². The summed E-state index contributed by atoms with van der Waals surface area (Å²) in [5, 5.41) is -0.932. The Morgan fingerprint density at radius 3 is 2.44 bits per heavy atom. The number of methoxy groups -OCH3 is 1. The largest absolute Gasteiger partial charge is 0.491 e. The first-order chi connectivity index (χ1) is 12.6. The van der Waals surface area contributed by atoms with Gasteiger partial charge in [-0.05, 0) is 25.8 Å². The van der Waals surface area contributed by atoms with Gasteiger partial charge in [-0.3, -0.25) is 4.79 Å². The molecule has 0 radical (unpaired) electrons. The molecule has 2 aromatic rings. The fourth-order valence-electron chi connectivity index (χ4n) is 3.07. The number of halogens is 2. The molecule has 27 heavy (non-hydrogen) atoms. The van der Waals surface area contributed by atoms with Crippen LogP contribution in [0.2, 0.25) is 0 Å². The van der Waals surface area contributed by atoms with Gasteiger partial charge in [0.15, 0.2) is 26.4 Å². The first kappa shape index (κ1) is 19.3. The van der Waals surface area contributed by atoms with Crippen LogP contribution in [0.15, 0.2) is 15.9 Å². The molecule has 1 aliphatic rings. The van der Waals surface area contributed by atoms with Gasteiger partial charge in [-0.2, -0.15) is 4.39 Å². The lowest BCUT2D eigenvalue weighted by Gasteiger charge is -2.20. The van der Waals surface area contributed by atoms with Crippen LogP contribution < -0.4 is 10.2 Å². The van der Waals surface area contributed by atoms with Crippen molar-refractivity contribution in [2.45, 2.75) is 30.8 Å². The number of pyridine rings is 1. The third kappa shape index (κ3) is 3.07. The second-order valence-electron chi connectivity index (χ2n) is 6.20. The van der Waals surface area contributed by atoms with E-state index in [0.29, 0.717) is 18.9 Å². The Morgan fingerprint density at radius 2 is 1.96 bits per heavy atom. The standard InChI is InChI=1S/C17H17F2NO6S/c1-4-26-17(22)11-14(21)9-7-10(18)12(19)15(25-2)13(9)20(8-5-6-8)16(11)27(3,23)24/h7-8H,4-6H2,1-3H3. The van der Waals surface area contributed by atoms with Gasteiger partial charge in [-0.15, -0.1) is 0 Å². The molecule has 0 bridgehead atoms. The van der Waals surface area contributed by atoms with Gasteiger partial charge in [0.1, 0.15) is 5.56 Å². The smallest absolute Gasteiger partial charge is 0.345 e. The molecule has 1 fully saturated rings. The fraction of sp³-hybridized carbons (Fsp3) is 0.412. The summed E-state index contributed by atoms with van der Waals surface area (Å²) in [6, 6.07) is 0.244. The number of fused-ring (bicyclic) bond motifs is 1. The highest BCUT2D eigenvalue weighted by molar-refractivity contribution is 7.90. The Morgan fingerprint density at radius 1 is 1.33 bits per heavy atom. The van der Waals surface area contributed by atoms with E-state index < -0.39 is 55.3 Å². The van der Waals surface area contributed by atoms with Crippen molar-refractivity contribution in [2.24, 2.45) is 0 Å². The zero-order valence-corrected chi connectivity index (χ0v) is 15.7. The maximum Gasteiger partial charge on any atom is 0.345 e. The van der Waals surface area contributed by atoms with Crippen LogP contribution in [0, 0.1) is 11.6 Å². The predicted octanol–water partition coefficient (Wildman–Crippen LogP) is 2.20. The van der Waals surface area contributed by atoms with Crippen LogP contribution >= 0.6 is 0 Å². The Balaban J connectivity index is 2.65. The number of carbonyl (C=O) groups excluding carboxylic acids is 1. The molecule has 1 aromatic heterocycles. The van der Waals surface area contributed by atoms with Crippen LogP contribution in [0.4, 0.5) is 8.78 Å². The number of rotatable bonds is 5. The maximum absolute atomic E-state index is 14.3. The summed E-state index contributed by atoms with van der Waals surface area (Å²) in [6.45, 7) is 1.40. The number of aromatic nitrogens is 1. The molecule has 0 aliphatic heterocycles. The van der Waals surface area contributed by atoms with Gasteiger partial charge in [0.2, 0.25) is 11.2 Å². The monoisotopic (exact) mass is 401 g/mol. The number of benzene rings is 1. The summed E-state index contributed by atoms with van der Waals surface area (Å²) in [4.78, 5) is 25.3. The van der Waals surface area contributed by atoms with E-state index in [1.165, 1.54) is 11.5 Å². The van der Waals surface area contributed by atoms with E-state index in [-0.39, 0.29) is 17.5 Å². The number of hydrogen-bond donors (Lipinski definition) is 0. The zero-order valence-electron chi connectivity index (χ0n) is 14.8. The van der Waals surface area contributed by atoms with E-state index >= 15 is 0 Å². The summed E-state index contributed by atoms with van der Waals surface area (Å²) < 4.78 is 64.2. The second-order valence-corrected chi connectivity index (χ2v) is 8.14. The summed E-state index contributed by atoms with van der Waals surface area (Å²) in [5.74, 6) is -4.42. The van der Waals surface area contributed by atoms with Gasteiger partial charge >= 0.3 is 5.97 Å². The quantitative estimate of drug-likeness (QED) is 0.714.